The van der Waals surface area contributed by atoms with Crippen molar-refractivity contribution in [1.29, 1.82) is 0 Å². The van der Waals surface area contributed by atoms with E-state index in [2.05, 4.69) is 23.2 Å². The Morgan fingerprint density at radius 1 is 1.30 bits per heavy atom. The average molecular weight is 301 g/mol. The Labute approximate surface area is 127 Å². The number of benzene rings is 1. The van der Waals surface area contributed by atoms with Crippen molar-refractivity contribution in [3.05, 3.63) is 28.8 Å². The van der Waals surface area contributed by atoms with Gasteiger partial charge < -0.3 is 19.7 Å². The van der Waals surface area contributed by atoms with Gasteiger partial charge in [0.25, 0.3) is 0 Å². The molecule has 1 unspecified atom stereocenters. The smallest absolute Gasteiger partial charge is 0.0663 e. The highest BCUT2D eigenvalue weighted by Crippen LogP contribution is 2.31. The monoisotopic (exact) mass is 300 g/mol. The fourth-order valence-corrected chi connectivity index (χ4v) is 2.59. The molecule has 0 fully saturated rings. The van der Waals surface area contributed by atoms with Crippen LogP contribution in [0.5, 0.6) is 0 Å². The summed E-state index contributed by atoms with van der Waals surface area (Å²) in [7, 11) is 5.36. The molecule has 0 radical (unpaired) electrons. The first-order valence-electron chi connectivity index (χ1n) is 6.82. The van der Waals surface area contributed by atoms with Crippen molar-refractivity contribution in [1.82, 2.24) is 5.32 Å². The van der Waals surface area contributed by atoms with Crippen LogP contribution in [0.3, 0.4) is 0 Å². The number of hydrogen-bond donors (Lipinski definition) is 1. The van der Waals surface area contributed by atoms with Crippen molar-refractivity contribution in [3.8, 4) is 0 Å². The lowest BCUT2D eigenvalue weighted by Gasteiger charge is -2.33. The molecule has 5 heteroatoms. The van der Waals surface area contributed by atoms with E-state index in [4.69, 9.17) is 21.1 Å². The lowest BCUT2D eigenvalue weighted by Crippen LogP contribution is -2.39. The summed E-state index contributed by atoms with van der Waals surface area (Å²) in [6, 6.07) is 6.23. The fraction of sp³-hybridized carbons (Fsp3) is 0.600. The summed E-state index contributed by atoms with van der Waals surface area (Å²) in [6.07, 6.45) is 0. The maximum absolute atomic E-state index is 6.43. The van der Waals surface area contributed by atoms with Gasteiger partial charge in [-0.25, -0.2) is 0 Å². The van der Waals surface area contributed by atoms with E-state index >= 15 is 0 Å². The summed E-state index contributed by atoms with van der Waals surface area (Å²) in [4.78, 5) is 2.25. The SMILES string of the molecule is CNCc1cccc(Cl)c1N(CCOC)C(C)COC. The Morgan fingerprint density at radius 3 is 2.65 bits per heavy atom. The molecule has 0 aliphatic carbocycles. The van der Waals surface area contributed by atoms with Crippen LogP contribution in [0, 0.1) is 0 Å². The van der Waals surface area contributed by atoms with Crippen molar-refractivity contribution in [2.45, 2.75) is 19.5 Å². The normalized spacial score (nSPS) is 12.4. The molecule has 1 aromatic rings. The molecule has 0 aliphatic heterocycles. The van der Waals surface area contributed by atoms with Gasteiger partial charge in [0.1, 0.15) is 0 Å². The van der Waals surface area contributed by atoms with E-state index in [1.165, 1.54) is 5.56 Å². The highest BCUT2D eigenvalue weighted by atomic mass is 35.5. The number of hydrogen-bond acceptors (Lipinski definition) is 4. The Kier molecular flexibility index (Phi) is 7.92. The Bertz CT molecular complexity index is 401. The molecule has 114 valence electrons. The van der Waals surface area contributed by atoms with Crippen LogP contribution in [-0.2, 0) is 16.0 Å². The standard InChI is InChI=1S/C15H25ClN2O2/c1-12(11-20-4)18(8-9-19-3)15-13(10-17-2)6-5-7-14(15)16/h5-7,12,17H,8-11H2,1-4H3. The molecular weight excluding hydrogens is 276 g/mol. The van der Waals surface area contributed by atoms with Crippen molar-refractivity contribution in [3.63, 3.8) is 0 Å². The van der Waals surface area contributed by atoms with Crippen LogP contribution in [0.1, 0.15) is 12.5 Å². The second-order valence-electron chi connectivity index (χ2n) is 4.77. The first-order valence-corrected chi connectivity index (χ1v) is 7.20. The Hall–Kier alpha value is -0.810. The van der Waals surface area contributed by atoms with E-state index in [0.717, 1.165) is 23.8 Å². The van der Waals surface area contributed by atoms with Gasteiger partial charge in [-0.05, 0) is 25.6 Å². The zero-order chi connectivity index (χ0) is 15.0. The summed E-state index contributed by atoms with van der Waals surface area (Å²) >= 11 is 6.43. The number of halogens is 1. The zero-order valence-corrected chi connectivity index (χ0v) is 13.5. The van der Waals surface area contributed by atoms with Crippen molar-refractivity contribution < 1.29 is 9.47 Å². The van der Waals surface area contributed by atoms with Gasteiger partial charge in [0.2, 0.25) is 0 Å². The number of anilines is 1. The zero-order valence-electron chi connectivity index (χ0n) is 12.8. The van der Waals surface area contributed by atoms with Crippen LogP contribution in [0.4, 0.5) is 5.69 Å². The average Bonchev–Trinajstić information content (AvgIpc) is 2.42. The lowest BCUT2D eigenvalue weighted by atomic mass is 10.1. The minimum absolute atomic E-state index is 0.227. The van der Waals surface area contributed by atoms with Crippen LogP contribution in [-0.4, -0.2) is 47.1 Å². The predicted molar refractivity (Wildman–Crippen MR) is 84.8 cm³/mol. The highest BCUT2D eigenvalue weighted by molar-refractivity contribution is 6.33. The van der Waals surface area contributed by atoms with Gasteiger partial charge in [-0.1, -0.05) is 23.7 Å². The topological polar surface area (TPSA) is 33.7 Å². The molecule has 20 heavy (non-hydrogen) atoms. The number of nitrogens with one attached hydrogen (secondary N) is 1. The molecule has 0 aliphatic rings. The molecule has 0 amide bonds. The second kappa shape index (κ2) is 9.19. The minimum Gasteiger partial charge on any atom is -0.383 e. The number of para-hydroxylation sites is 1. The van der Waals surface area contributed by atoms with E-state index < -0.39 is 0 Å². The lowest BCUT2D eigenvalue weighted by molar-refractivity contribution is 0.171. The summed E-state index contributed by atoms with van der Waals surface area (Å²) < 4.78 is 10.5. The third-order valence-corrected chi connectivity index (χ3v) is 3.51. The predicted octanol–water partition coefficient (Wildman–Crippen LogP) is 2.55. The van der Waals surface area contributed by atoms with E-state index in [9.17, 15) is 0 Å². The van der Waals surface area contributed by atoms with E-state index in [-0.39, 0.29) is 6.04 Å². The third kappa shape index (κ3) is 4.63. The largest absolute Gasteiger partial charge is 0.383 e. The van der Waals surface area contributed by atoms with Gasteiger partial charge in [0, 0.05) is 33.4 Å². The molecule has 0 bridgehead atoms. The van der Waals surface area contributed by atoms with Crippen LogP contribution >= 0.6 is 11.6 Å². The summed E-state index contributed by atoms with van der Waals surface area (Å²) in [5.41, 5.74) is 2.24. The molecular formula is C15H25ClN2O2. The molecule has 1 aromatic carbocycles. The molecule has 1 rings (SSSR count). The van der Waals surface area contributed by atoms with E-state index in [1.807, 2.05) is 19.2 Å². The van der Waals surface area contributed by atoms with Crippen LogP contribution in [0.25, 0.3) is 0 Å². The number of methoxy groups -OCH3 is 2. The number of nitrogens with zero attached hydrogens (tertiary/aromatic N) is 1. The molecule has 1 atom stereocenters. The van der Waals surface area contributed by atoms with Crippen LogP contribution in [0.2, 0.25) is 5.02 Å². The van der Waals surface area contributed by atoms with Crippen molar-refractivity contribution >= 4 is 17.3 Å². The van der Waals surface area contributed by atoms with Gasteiger partial charge >= 0.3 is 0 Å². The van der Waals surface area contributed by atoms with Gasteiger partial charge in [0.15, 0.2) is 0 Å². The molecule has 0 aromatic heterocycles. The summed E-state index contributed by atoms with van der Waals surface area (Å²) in [6.45, 7) is 4.98. The maximum atomic E-state index is 6.43. The molecule has 0 saturated heterocycles. The van der Waals surface area contributed by atoms with Gasteiger partial charge in [-0.15, -0.1) is 0 Å². The van der Waals surface area contributed by atoms with Gasteiger partial charge in [-0.2, -0.15) is 0 Å². The summed E-state index contributed by atoms with van der Waals surface area (Å²) in [5, 5.41) is 3.95. The molecule has 4 nitrogen and oxygen atoms in total. The fourth-order valence-electron chi connectivity index (χ4n) is 2.29. The third-order valence-electron chi connectivity index (χ3n) is 3.20. The van der Waals surface area contributed by atoms with Gasteiger partial charge in [-0.3, -0.25) is 0 Å². The quantitative estimate of drug-likeness (QED) is 0.760. The Balaban J connectivity index is 3.10. The first-order chi connectivity index (χ1) is 9.65. The maximum Gasteiger partial charge on any atom is 0.0663 e. The molecule has 0 spiro atoms. The van der Waals surface area contributed by atoms with E-state index in [1.54, 1.807) is 14.2 Å². The summed E-state index contributed by atoms with van der Waals surface area (Å²) in [5.74, 6) is 0. The van der Waals surface area contributed by atoms with E-state index in [0.29, 0.717) is 13.2 Å². The first kappa shape index (κ1) is 17.2. The Morgan fingerprint density at radius 2 is 2.05 bits per heavy atom. The van der Waals surface area contributed by atoms with Gasteiger partial charge in [0.05, 0.1) is 23.9 Å². The van der Waals surface area contributed by atoms with Crippen LogP contribution in [0.15, 0.2) is 18.2 Å². The van der Waals surface area contributed by atoms with Crippen molar-refractivity contribution in [2.75, 3.05) is 45.9 Å². The second-order valence-corrected chi connectivity index (χ2v) is 5.18. The highest BCUT2D eigenvalue weighted by Gasteiger charge is 2.19. The number of ether oxygens (including phenoxy) is 2. The van der Waals surface area contributed by atoms with Crippen LogP contribution < -0.4 is 10.2 Å². The molecule has 0 heterocycles. The van der Waals surface area contributed by atoms with Crippen molar-refractivity contribution in [2.24, 2.45) is 0 Å². The number of rotatable bonds is 9. The molecule has 0 saturated carbocycles. The minimum atomic E-state index is 0.227. The molecule has 1 N–H and O–H groups in total.